The lowest BCUT2D eigenvalue weighted by Gasteiger charge is -2.10. The molecule has 0 aliphatic rings. The smallest absolute Gasteiger partial charge is 0.352 e. The number of rotatable bonds is 3. The predicted molar refractivity (Wildman–Crippen MR) is 67.9 cm³/mol. The van der Waals surface area contributed by atoms with E-state index < -0.39 is 17.3 Å². The van der Waals surface area contributed by atoms with Gasteiger partial charge < -0.3 is 5.11 Å². The Morgan fingerprint density at radius 1 is 1.35 bits per heavy atom. The van der Waals surface area contributed by atoms with Crippen LogP contribution in [0.2, 0.25) is 0 Å². The maximum atomic E-state index is 13.0. The Kier molecular flexibility index (Phi) is 3.62. The zero-order valence-corrected chi connectivity index (χ0v) is 10.2. The van der Waals surface area contributed by atoms with Crippen molar-refractivity contribution in [1.82, 2.24) is 4.57 Å². The number of hydrogen-bond acceptors (Lipinski definition) is 3. The first-order valence-corrected chi connectivity index (χ1v) is 5.64. The minimum Gasteiger partial charge on any atom is -0.477 e. The molecule has 0 atom stereocenters. The zero-order chi connectivity index (χ0) is 14.7. The summed E-state index contributed by atoms with van der Waals surface area (Å²) in [5, 5.41) is 18.0. The molecule has 0 saturated carbocycles. The van der Waals surface area contributed by atoms with Gasteiger partial charge in [-0.1, -0.05) is 12.1 Å². The number of carboxylic acids is 1. The average Bonchev–Trinajstić information content (AvgIpc) is 2.42. The van der Waals surface area contributed by atoms with Crippen LogP contribution in [0.5, 0.6) is 0 Å². The number of carboxylic acid groups (broad SMARTS) is 1. The molecule has 0 bridgehead atoms. The van der Waals surface area contributed by atoms with Crippen LogP contribution in [0.4, 0.5) is 4.39 Å². The summed E-state index contributed by atoms with van der Waals surface area (Å²) in [4.78, 5) is 22.8. The van der Waals surface area contributed by atoms with Gasteiger partial charge in [-0.3, -0.25) is 9.36 Å². The van der Waals surface area contributed by atoms with E-state index in [1.807, 2.05) is 6.07 Å². The molecule has 0 aliphatic carbocycles. The van der Waals surface area contributed by atoms with Crippen molar-refractivity contribution >= 4 is 5.97 Å². The number of aromatic nitrogens is 1. The molecule has 1 aromatic heterocycles. The van der Waals surface area contributed by atoms with E-state index in [0.717, 1.165) is 16.7 Å². The summed E-state index contributed by atoms with van der Waals surface area (Å²) >= 11 is 0. The van der Waals surface area contributed by atoms with Crippen LogP contribution < -0.4 is 5.56 Å². The molecule has 5 nitrogen and oxygen atoms in total. The van der Waals surface area contributed by atoms with E-state index in [2.05, 4.69) is 0 Å². The number of aromatic carboxylic acids is 1. The molecule has 0 spiro atoms. The summed E-state index contributed by atoms with van der Waals surface area (Å²) in [5.41, 5.74) is -0.245. The van der Waals surface area contributed by atoms with Gasteiger partial charge in [0.05, 0.1) is 18.2 Å². The molecular weight excluding hydrogens is 263 g/mol. The highest BCUT2D eigenvalue weighted by Crippen LogP contribution is 2.12. The molecule has 0 radical (unpaired) electrons. The molecule has 1 aromatic carbocycles. The Labute approximate surface area is 113 Å². The zero-order valence-electron chi connectivity index (χ0n) is 10.2. The van der Waals surface area contributed by atoms with Crippen molar-refractivity contribution in [2.75, 3.05) is 0 Å². The SMILES string of the molecule is N#Cc1cc(F)ccc1Cn1c(C(=O)O)cccc1=O. The number of nitriles is 1. The first-order chi connectivity index (χ1) is 9.52. The van der Waals surface area contributed by atoms with Gasteiger partial charge in [-0.2, -0.15) is 5.26 Å². The quantitative estimate of drug-likeness (QED) is 0.920. The summed E-state index contributed by atoms with van der Waals surface area (Å²) in [6.45, 7) is -0.107. The summed E-state index contributed by atoms with van der Waals surface area (Å²) < 4.78 is 14.1. The highest BCUT2D eigenvalue weighted by atomic mass is 19.1. The van der Waals surface area contributed by atoms with Crippen molar-refractivity contribution < 1.29 is 14.3 Å². The van der Waals surface area contributed by atoms with E-state index in [4.69, 9.17) is 10.4 Å². The van der Waals surface area contributed by atoms with Crippen molar-refractivity contribution in [3.8, 4) is 6.07 Å². The molecule has 1 heterocycles. The minimum atomic E-state index is -1.25. The Bertz CT molecular complexity index is 775. The second-order valence-electron chi connectivity index (χ2n) is 4.05. The fraction of sp³-hybridized carbons (Fsp3) is 0.0714. The standard InChI is InChI=1S/C14H9FN2O3/c15-11-5-4-9(10(6-11)7-16)8-17-12(14(19)20)2-1-3-13(17)18/h1-6H,8H2,(H,19,20). The maximum absolute atomic E-state index is 13.0. The lowest BCUT2D eigenvalue weighted by molar-refractivity contribution is 0.0684. The number of carbonyl (C=O) groups is 1. The lowest BCUT2D eigenvalue weighted by Crippen LogP contribution is -2.25. The van der Waals surface area contributed by atoms with Crippen molar-refractivity contribution in [2.24, 2.45) is 0 Å². The number of hydrogen-bond donors (Lipinski definition) is 1. The largest absolute Gasteiger partial charge is 0.477 e. The van der Waals surface area contributed by atoms with Gasteiger partial charge in [0.15, 0.2) is 0 Å². The maximum Gasteiger partial charge on any atom is 0.352 e. The third kappa shape index (κ3) is 2.57. The van der Waals surface area contributed by atoms with E-state index in [1.54, 1.807) is 0 Å². The summed E-state index contributed by atoms with van der Waals surface area (Å²) in [6, 6.07) is 9.25. The highest BCUT2D eigenvalue weighted by molar-refractivity contribution is 5.85. The molecule has 0 fully saturated rings. The van der Waals surface area contributed by atoms with Gasteiger partial charge in [-0.15, -0.1) is 0 Å². The molecule has 2 rings (SSSR count). The predicted octanol–water partition coefficient (Wildman–Crippen LogP) is 1.61. The van der Waals surface area contributed by atoms with Crippen LogP contribution in [-0.4, -0.2) is 15.6 Å². The van der Waals surface area contributed by atoms with Crippen LogP contribution in [0.15, 0.2) is 41.2 Å². The summed E-state index contributed by atoms with van der Waals surface area (Å²) in [5.74, 6) is -1.81. The van der Waals surface area contributed by atoms with Crippen LogP contribution in [0.3, 0.4) is 0 Å². The fourth-order valence-corrected chi connectivity index (χ4v) is 1.83. The number of halogens is 1. The van der Waals surface area contributed by atoms with E-state index in [9.17, 15) is 14.0 Å². The van der Waals surface area contributed by atoms with Gasteiger partial charge in [-0.05, 0) is 23.8 Å². The van der Waals surface area contributed by atoms with Crippen LogP contribution in [0.1, 0.15) is 21.6 Å². The third-order valence-electron chi connectivity index (χ3n) is 2.79. The van der Waals surface area contributed by atoms with Gasteiger partial charge >= 0.3 is 5.97 Å². The molecule has 0 unspecified atom stereocenters. The fourth-order valence-electron chi connectivity index (χ4n) is 1.83. The van der Waals surface area contributed by atoms with E-state index >= 15 is 0 Å². The van der Waals surface area contributed by atoms with Gasteiger partial charge in [0.1, 0.15) is 11.5 Å². The third-order valence-corrected chi connectivity index (χ3v) is 2.79. The second-order valence-corrected chi connectivity index (χ2v) is 4.05. The molecule has 6 heteroatoms. The van der Waals surface area contributed by atoms with Gasteiger partial charge in [0.2, 0.25) is 0 Å². The van der Waals surface area contributed by atoms with E-state index in [1.165, 1.54) is 24.3 Å². The monoisotopic (exact) mass is 272 g/mol. The first-order valence-electron chi connectivity index (χ1n) is 5.64. The molecule has 0 amide bonds. The normalized spacial score (nSPS) is 10.0. The number of pyridine rings is 1. The number of benzene rings is 1. The van der Waals surface area contributed by atoms with Crippen molar-refractivity contribution in [3.63, 3.8) is 0 Å². The molecule has 20 heavy (non-hydrogen) atoms. The van der Waals surface area contributed by atoms with Gasteiger partial charge in [0.25, 0.3) is 5.56 Å². The van der Waals surface area contributed by atoms with Crippen molar-refractivity contribution in [3.05, 3.63) is 69.4 Å². The molecule has 1 N–H and O–H groups in total. The van der Waals surface area contributed by atoms with E-state index in [0.29, 0.717) is 5.56 Å². The van der Waals surface area contributed by atoms with Crippen LogP contribution in [-0.2, 0) is 6.54 Å². The topological polar surface area (TPSA) is 83.1 Å². The molecular formula is C14H9FN2O3. The Morgan fingerprint density at radius 2 is 2.10 bits per heavy atom. The van der Waals surface area contributed by atoms with Crippen molar-refractivity contribution in [1.29, 1.82) is 5.26 Å². The average molecular weight is 272 g/mol. The van der Waals surface area contributed by atoms with Crippen LogP contribution >= 0.6 is 0 Å². The first kappa shape index (κ1) is 13.5. The Balaban J connectivity index is 2.54. The molecule has 2 aromatic rings. The van der Waals surface area contributed by atoms with E-state index in [-0.39, 0.29) is 17.8 Å². The Morgan fingerprint density at radius 3 is 2.75 bits per heavy atom. The number of nitrogens with zero attached hydrogens (tertiary/aromatic N) is 2. The molecule has 0 saturated heterocycles. The minimum absolute atomic E-state index is 0.0668. The van der Waals surface area contributed by atoms with Crippen molar-refractivity contribution in [2.45, 2.75) is 6.54 Å². The molecule has 100 valence electrons. The summed E-state index contributed by atoms with van der Waals surface area (Å²) in [7, 11) is 0. The molecule has 0 aliphatic heterocycles. The highest BCUT2D eigenvalue weighted by Gasteiger charge is 2.12. The van der Waals surface area contributed by atoms with Gasteiger partial charge in [-0.25, -0.2) is 9.18 Å². The summed E-state index contributed by atoms with van der Waals surface area (Å²) in [6.07, 6.45) is 0. The lowest BCUT2D eigenvalue weighted by atomic mass is 10.1. The van der Waals surface area contributed by atoms with Gasteiger partial charge in [0, 0.05) is 6.07 Å². The van der Waals surface area contributed by atoms with Crippen LogP contribution in [0, 0.1) is 17.1 Å². The second kappa shape index (κ2) is 5.36. The Hall–Kier alpha value is -2.94. The van der Waals surface area contributed by atoms with Crippen LogP contribution in [0.25, 0.3) is 0 Å².